The highest BCUT2D eigenvalue weighted by Crippen LogP contribution is 2.25. The molecule has 7 heteroatoms. The minimum absolute atomic E-state index is 0.122. The molecule has 0 unspecified atom stereocenters. The summed E-state index contributed by atoms with van der Waals surface area (Å²) in [7, 11) is 3.56. The van der Waals surface area contributed by atoms with Crippen LogP contribution >= 0.6 is 0 Å². The third-order valence-electron chi connectivity index (χ3n) is 4.31. The van der Waals surface area contributed by atoms with Crippen LogP contribution in [0.2, 0.25) is 0 Å². The first-order valence-electron chi connectivity index (χ1n) is 8.82. The molecular formula is C21H21N3O4. The van der Waals surface area contributed by atoms with Gasteiger partial charge in [0.05, 0.1) is 17.0 Å². The monoisotopic (exact) mass is 379 g/mol. The number of nitro benzene ring substituents is 1. The number of benzene rings is 3. The second-order valence-corrected chi connectivity index (χ2v) is 6.43. The maximum Gasteiger partial charge on any atom is 0.270 e. The Morgan fingerprint density at radius 2 is 1.86 bits per heavy atom. The van der Waals surface area contributed by atoms with Crippen LogP contribution < -0.4 is 15.0 Å². The van der Waals surface area contributed by atoms with Crippen molar-refractivity contribution in [3.8, 4) is 5.75 Å². The van der Waals surface area contributed by atoms with Crippen LogP contribution in [0, 0.1) is 10.1 Å². The molecule has 0 heterocycles. The van der Waals surface area contributed by atoms with Crippen LogP contribution in [0.5, 0.6) is 5.75 Å². The molecule has 1 amide bonds. The quantitative estimate of drug-likeness (QED) is 0.385. The zero-order valence-electron chi connectivity index (χ0n) is 15.7. The van der Waals surface area contributed by atoms with E-state index < -0.39 is 4.92 Å². The first kappa shape index (κ1) is 19.2. The van der Waals surface area contributed by atoms with Gasteiger partial charge in [-0.25, -0.2) is 0 Å². The molecule has 1 N–H and O–H groups in total. The number of nitro groups is 1. The summed E-state index contributed by atoms with van der Waals surface area (Å²) in [6.45, 7) is 0.559. The van der Waals surface area contributed by atoms with E-state index in [1.165, 1.54) is 12.1 Å². The van der Waals surface area contributed by atoms with E-state index in [9.17, 15) is 14.9 Å². The lowest BCUT2D eigenvalue weighted by atomic mass is 10.1. The number of carbonyl (C=O) groups is 1. The minimum Gasteiger partial charge on any atom is -0.491 e. The number of hydrogen-bond donors (Lipinski definition) is 1. The Bertz CT molecular complexity index is 1010. The highest BCUT2D eigenvalue weighted by atomic mass is 16.6. The highest BCUT2D eigenvalue weighted by molar-refractivity contribution is 6.00. The van der Waals surface area contributed by atoms with Gasteiger partial charge in [-0.1, -0.05) is 36.4 Å². The van der Waals surface area contributed by atoms with Gasteiger partial charge in [0.2, 0.25) is 0 Å². The summed E-state index contributed by atoms with van der Waals surface area (Å²) < 4.78 is 5.81. The first-order valence-corrected chi connectivity index (χ1v) is 8.82. The Balaban J connectivity index is 1.66. The fraction of sp³-hybridized carbons (Fsp3) is 0.190. The molecule has 3 aromatic rings. The lowest BCUT2D eigenvalue weighted by molar-refractivity contribution is -0.384. The Kier molecular flexibility index (Phi) is 5.74. The SMILES string of the molecule is CN(C)c1ccc([N+](=O)[O-])cc1C(=O)NCCOc1cccc2ccccc12. The van der Waals surface area contributed by atoms with E-state index in [2.05, 4.69) is 5.32 Å². The predicted octanol–water partition coefficient (Wildman–Crippen LogP) is 3.62. The first-order chi connectivity index (χ1) is 13.5. The fourth-order valence-corrected chi connectivity index (χ4v) is 2.95. The van der Waals surface area contributed by atoms with Gasteiger partial charge in [-0.2, -0.15) is 0 Å². The Labute approximate surface area is 162 Å². The molecule has 0 aliphatic rings. The molecular weight excluding hydrogens is 358 g/mol. The van der Waals surface area contributed by atoms with Crippen molar-refractivity contribution < 1.29 is 14.5 Å². The Morgan fingerprint density at radius 1 is 1.11 bits per heavy atom. The van der Waals surface area contributed by atoms with E-state index in [1.807, 2.05) is 42.5 Å². The second kappa shape index (κ2) is 8.39. The van der Waals surface area contributed by atoms with Gasteiger partial charge in [0.1, 0.15) is 12.4 Å². The molecule has 0 spiro atoms. The number of hydrogen-bond acceptors (Lipinski definition) is 5. The smallest absolute Gasteiger partial charge is 0.270 e. The molecule has 0 saturated heterocycles. The fourth-order valence-electron chi connectivity index (χ4n) is 2.95. The van der Waals surface area contributed by atoms with Gasteiger partial charge in [-0.3, -0.25) is 14.9 Å². The number of nitrogens with zero attached hydrogens (tertiary/aromatic N) is 2. The second-order valence-electron chi connectivity index (χ2n) is 6.43. The van der Waals surface area contributed by atoms with Crippen molar-refractivity contribution in [3.05, 3.63) is 76.3 Å². The zero-order valence-corrected chi connectivity index (χ0v) is 15.7. The molecule has 0 atom stereocenters. The summed E-state index contributed by atoms with van der Waals surface area (Å²) in [5, 5.41) is 15.9. The predicted molar refractivity (Wildman–Crippen MR) is 109 cm³/mol. The van der Waals surface area contributed by atoms with Crippen molar-refractivity contribution in [1.82, 2.24) is 5.32 Å². The van der Waals surface area contributed by atoms with Crippen LogP contribution in [0.25, 0.3) is 10.8 Å². The van der Waals surface area contributed by atoms with E-state index in [0.717, 1.165) is 16.5 Å². The number of carbonyl (C=O) groups excluding carboxylic acids is 1. The maximum absolute atomic E-state index is 12.6. The number of anilines is 1. The van der Waals surface area contributed by atoms with E-state index in [4.69, 9.17) is 4.74 Å². The zero-order chi connectivity index (χ0) is 20.1. The summed E-state index contributed by atoms with van der Waals surface area (Å²) in [6, 6.07) is 18.0. The standard InChI is InChI=1S/C21H21N3O4/c1-23(2)19-11-10-16(24(26)27)14-18(19)21(25)22-12-13-28-20-9-5-7-15-6-3-4-8-17(15)20/h3-11,14H,12-13H2,1-2H3,(H,22,25). The third-order valence-corrected chi connectivity index (χ3v) is 4.31. The van der Waals surface area contributed by atoms with Crippen LogP contribution in [0.15, 0.2) is 60.7 Å². The maximum atomic E-state index is 12.6. The molecule has 7 nitrogen and oxygen atoms in total. The van der Waals surface area contributed by atoms with Gasteiger partial charge < -0.3 is 15.0 Å². The van der Waals surface area contributed by atoms with Gasteiger partial charge in [0, 0.05) is 37.3 Å². The van der Waals surface area contributed by atoms with Gasteiger partial charge in [0.15, 0.2) is 0 Å². The molecule has 144 valence electrons. The third kappa shape index (κ3) is 4.20. The van der Waals surface area contributed by atoms with Gasteiger partial charge >= 0.3 is 0 Å². The summed E-state index contributed by atoms with van der Waals surface area (Å²) in [4.78, 5) is 24.8. The summed E-state index contributed by atoms with van der Waals surface area (Å²) in [5.74, 6) is 0.366. The van der Waals surface area contributed by atoms with Crippen LogP contribution in [0.1, 0.15) is 10.4 Å². The van der Waals surface area contributed by atoms with Gasteiger partial charge in [-0.15, -0.1) is 0 Å². The molecule has 0 aromatic heterocycles. The Hall–Kier alpha value is -3.61. The average molecular weight is 379 g/mol. The largest absolute Gasteiger partial charge is 0.491 e. The van der Waals surface area contributed by atoms with E-state index in [0.29, 0.717) is 5.69 Å². The van der Waals surface area contributed by atoms with E-state index in [1.54, 1.807) is 25.1 Å². The molecule has 0 radical (unpaired) electrons. The lowest BCUT2D eigenvalue weighted by Crippen LogP contribution is -2.29. The highest BCUT2D eigenvalue weighted by Gasteiger charge is 2.17. The molecule has 0 aliphatic carbocycles. The normalized spacial score (nSPS) is 10.5. The number of amides is 1. The molecule has 0 bridgehead atoms. The number of nitrogens with one attached hydrogen (secondary N) is 1. The molecule has 0 saturated carbocycles. The summed E-state index contributed by atoms with van der Waals surface area (Å²) >= 11 is 0. The van der Waals surface area contributed by atoms with E-state index >= 15 is 0 Å². The van der Waals surface area contributed by atoms with Gasteiger partial charge in [0.25, 0.3) is 11.6 Å². The van der Waals surface area contributed by atoms with Crippen molar-refractivity contribution in [1.29, 1.82) is 0 Å². The lowest BCUT2D eigenvalue weighted by Gasteiger charge is -2.17. The molecule has 0 aliphatic heterocycles. The number of non-ortho nitro benzene ring substituents is 1. The van der Waals surface area contributed by atoms with Crippen molar-refractivity contribution in [3.63, 3.8) is 0 Å². The van der Waals surface area contributed by atoms with Crippen molar-refractivity contribution >= 4 is 28.1 Å². The van der Waals surface area contributed by atoms with Crippen molar-refractivity contribution in [2.24, 2.45) is 0 Å². The summed E-state index contributed by atoms with van der Waals surface area (Å²) in [6.07, 6.45) is 0. The number of fused-ring (bicyclic) bond motifs is 1. The topological polar surface area (TPSA) is 84.7 Å². The van der Waals surface area contributed by atoms with Gasteiger partial charge in [-0.05, 0) is 17.5 Å². The van der Waals surface area contributed by atoms with Crippen molar-refractivity contribution in [2.45, 2.75) is 0 Å². The van der Waals surface area contributed by atoms with Crippen LogP contribution in [-0.4, -0.2) is 38.1 Å². The summed E-state index contributed by atoms with van der Waals surface area (Å²) in [5.41, 5.74) is 0.741. The molecule has 28 heavy (non-hydrogen) atoms. The molecule has 3 aromatic carbocycles. The number of ether oxygens (including phenoxy) is 1. The number of rotatable bonds is 7. The molecule has 3 rings (SSSR count). The van der Waals surface area contributed by atoms with Crippen LogP contribution in [0.3, 0.4) is 0 Å². The minimum atomic E-state index is -0.514. The van der Waals surface area contributed by atoms with Crippen molar-refractivity contribution in [2.75, 3.05) is 32.1 Å². The van der Waals surface area contributed by atoms with E-state index in [-0.39, 0.29) is 30.3 Å². The van der Waals surface area contributed by atoms with Crippen LogP contribution in [0.4, 0.5) is 11.4 Å². The Morgan fingerprint density at radius 3 is 2.61 bits per heavy atom. The molecule has 0 fully saturated rings. The van der Waals surface area contributed by atoms with Crippen LogP contribution in [-0.2, 0) is 0 Å². The average Bonchev–Trinajstić information content (AvgIpc) is 2.70.